The summed E-state index contributed by atoms with van der Waals surface area (Å²) in [5, 5.41) is 40.1. The van der Waals surface area contributed by atoms with E-state index in [1.54, 1.807) is 6.07 Å². The van der Waals surface area contributed by atoms with E-state index in [-0.39, 0.29) is 17.7 Å². The van der Waals surface area contributed by atoms with E-state index >= 15 is 0 Å². The molecule has 194 valence electrons. The van der Waals surface area contributed by atoms with Gasteiger partial charge in [-0.1, -0.05) is 12.1 Å². The number of carbonyl (C=O) groups excluding carboxylic acids is 1. The van der Waals surface area contributed by atoms with Gasteiger partial charge in [-0.2, -0.15) is 0 Å². The van der Waals surface area contributed by atoms with Crippen molar-refractivity contribution < 1.29 is 49.0 Å². The second-order valence-electron chi connectivity index (χ2n) is 10.3. The summed E-state index contributed by atoms with van der Waals surface area (Å²) in [6.07, 6.45) is -4.14. The van der Waals surface area contributed by atoms with Gasteiger partial charge in [0.05, 0.1) is 0 Å². The van der Waals surface area contributed by atoms with Gasteiger partial charge in [-0.25, -0.2) is 4.79 Å². The molecule has 11 heteroatoms. The Hall–Kier alpha value is -2.70. The van der Waals surface area contributed by atoms with Gasteiger partial charge in [0, 0.05) is 29.9 Å². The van der Waals surface area contributed by atoms with Gasteiger partial charge >= 0.3 is 11.9 Å². The van der Waals surface area contributed by atoms with E-state index in [0.717, 1.165) is 30.5 Å². The van der Waals surface area contributed by atoms with Crippen LogP contribution in [0.15, 0.2) is 24.3 Å². The maximum absolute atomic E-state index is 11.9. The minimum atomic E-state index is -1.82. The summed E-state index contributed by atoms with van der Waals surface area (Å²) in [6, 6.07) is 3.86. The SMILES string of the molecule is CC(=O)OC1C=CC2C3Cc4ccc(OC5OC(C(=O)O)C(O)C(O)C5O)c5c4C2(CCN3C)C1O5. The number of aliphatic hydroxyl groups is 3. The quantitative estimate of drug-likeness (QED) is 0.306. The van der Waals surface area contributed by atoms with Gasteiger partial charge in [0.15, 0.2) is 23.7 Å². The van der Waals surface area contributed by atoms with Gasteiger partial charge < -0.3 is 44.3 Å². The van der Waals surface area contributed by atoms with Crippen molar-refractivity contribution in [2.75, 3.05) is 13.6 Å². The maximum atomic E-state index is 11.9. The van der Waals surface area contributed by atoms with Crippen LogP contribution in [0.1, 0.15) is 24.5 Å². The fraction of sp³-hybridized carbons (Fsp3) is 0.600. The lowest BCUT2D eigenvalue weighted by molar-refractivity contribution is -0.271. The number of esters is 1. The number of carbonyl (C=O) groups is 2. The molecule has 11 nitrogen and oxygen atoms in total. The second-order valence-corrected chi connectivity index (χ2v) is 10.3. The topological polar surface area (TPSA) is 155 Å². The van der Waals surface area contributed by atoms with E-state index in [2.05, 4.69) is 18.0 Å². The van der Waals surface area contributed by atoms with Gasteiger partial charge in [-0.15, -0.1) is 0 Å². The molecule has 0 aromatic heterocycles. The molecule has 0 radical (unpaired) electrons. The molecule has 2 saturated heterocycles. The number of hydrogen-bond donors (Lipinski definition) is 4. The first-order valence-electron chi connectivity index (χ1n) is 12.1. The summed E-state index contributed by atoms with van der Waals surface area (Å²) >= 11 is 0. The lowest BCUT2D eigenvalue weighted by atomic mass is 9.53. The van der Waals surface area contributed by atoms with Gasteiger partial charge in [-0.05, 0) is 44.1 Å². The number of rotatable bonds is 4. The van der Waals surface area contributed by atoms with Crippen LogP contribution in [0.4, 0.5) is 0 Å². The predicted molar refractivity (Wildman–Crippen MR) is 120 cm³/mol. The smallest absolute Gasteiger partial charge is 0.335 e. The van der Waals surface area contributed by atoms with Crippen molar-refractivity contribution in [3.63, 3.8) is 0 Å². The van der Waals surface area contributed by atoms with E-state index in [1.165, 1.54) is 6.92 Å². The van der Waals surface area contributed by atoms with E-state index in [4.69, 9.17) is 18.9 Å². The molecular weight excluding hydrogens is 474 g/mol. The molecule has 1 aromatic carbocycles. The molecular formula is C25H29NO10. The van der Waals surface area contributed by atoms with Crippen LogP contribution < -0.4 is 9.47 Å². The van der Waals surface area contributed by atoms with Crippen molar-refractivity contribution in [2.45, 2.75) is 74.1 Å². The third-order valence-electron chi connectivity index (χ3n) is 8.47. The standard InChI is InChI=1S/C25H29NO10/c1-10(27)33-15-6-4-12-13-9-11-3-5-14(20-16(11)25(12,22(15)35-20)7-8-26(13)2)34-24-19(30)17(28)18(29)21(36-24)23(31)32/h3-6,12-13,15,17-19,21-22,24,28-30H,7-9H2,1-2H3,(H,31,32). The highest BCUT2D eigenvalue weighted by atomic mass is 16.7. The monoisotopic (exact) mass is 503 g/mol. The van der Waals surface area contributed by atoms with Crippen LogP contribution in [0.2, 0.25) is 0 Å². The fourth-order valence-corrected chi connectivity index (χ4v) is 6.87. The van der Waals surface area contributed by atoms with Gasteiger partial charge in [-0.3, -0.25) is 4.79 Å². The molecule has 4 N–H and O–H groups in total. The van der Waals surface area contributed by atoms with E-state index in [9.17, 15) is 30.0 Å². The Balaban J connectivity index is 1.41. The van der Waals surface area contributed by atoms with Crippen LogP contribution in [-0.4, -0.2) is 99.8 Å². The zero-order valence-electron chi connectivity index (χ0n) is 19.8. The minimum Gasteiger partial charge on any atom is -0.481 e. The Morgan fingerprint density at radius 1 is 1.14 bits per heavy atom. The van der Waals surface area contributed by atoms with Gasteiger partial charge in [0.2, 0.25) is 6.29 Å². The Morgan fingerprint density at radius 2 is 1.92 bits per heavy atom. The number of likely N-dealkylation sites (tertiary alicyclic amines) is 1. The molecule has 36 heavy (non-hydrogen) atoms. The molecule has 3 heterocycles. The van der Waals surface area contributed by atoms with Crippen LogP contribution in [0.5, 0.6) is 11.5 Å². The fourth-order valence-electron chi connectivity index (χ4n) is 6.87. The van der Waals surface area contributed by atoms with Crippen LogP contribution in [0, 0.1) is 5.92 Å². The zero-order chi connectivity index (χ0) is 25.5. The highest BCUT2D eigenvalue weighted by molar-refractivity contribution is 5.73. The van der Waals surface area contributed by atoms with Crippen molar-refractivity contribution >= 4 is 11.9 Å². The molecule has 0 amide bonds. The Kier molecular flexibility index (Phi) is 5.36. The van der Waals surface area contributed by atoms with E-state index in [1.807, 2.05) is 12.1 Å². The summed E-state index contributed by atoms with van der Waals surface area (Å²) in [5.41, 5.74) is 1.62. The summed E-state index contributed by atoms with van der Waals surface area (Å²) in [6.45, 7) is 2.19. The van der Waals surface area contributed by atoms with E-state index in [0.29, 0.717) is 5.75 Å². The Morgan fingerprint density at radius 3 is 2.64 bits per heavy atom. The first-order chi connectivity index (χ1) is 17.1. The summed E-state index contributed by atoms with van der Waals surface area (Å²) in [4.78, 5) is 25.8. The average Bonchev–Trinajstić information content (AvgIpc) is 3.18. The molecule has 10 atom stereocenters. The average molecular weight is 504 g/mol. The van der Waals surface area contributed by atoms with Gasteiger partial charge in [0.25, 0.3) is 0 Å². The minimum absolute atomic E-state index is 0.127. The number of hydrogen-bond acceptors (Lipinski definition) is 10. The predicted octanol–water partition coefficient (Wildman–Crippen LogP) is -0.666. The van der Waals surface area contributed by atoms with E-state index < -0.39 is 60.3 Å². The highest BCUT2D eigenvalue weighted by Gasteiger charge is 2.65. The number of benzene rings is 1. The number of likely N-dealkylation sites (N-methyl/N-ethyl adjacent to an activating group) is 1. The molecule has 0 saturated carbocycles. The number of aliphatic carboxylic acids is 1. The Bertz CT molecular complexity index is 1140. The van der Waals surface area contributed by atoms with Crippen LogP contribution in [0.25, 0.3) is 0 Å². The number of carboxylic acids is 1. The molecule has 2 bridgehead atoms. The third-order valence-corrected chi connectivity index (χ3v) is 8.47. The van der Waals surface area contributed by atoms with Crippen molar-refractivity contribution in [1.82, 2.24) is 4.90 Å². The highest BCUT2D eigenvalue weighted by Crippen LogP contribution is 2.62. The Labute approximate surface area is 206 Å². The number of piperidine rings is 1. The lowest BCUT2D eigenvalue weighted by Crippen LogP contribution is -2.65. The normalized spacial score (nSPS) is 42.3. The number of carboxylic acid groups (broad SMARTS) is 1. The van der Waals surface area contributed by atoms with Crippen molar-refractivity contribution in [3.05, 3.63) is 35.4 Å². The van der Waals surface area contributed by atoms with Gasteiger partial charge in [0.1, 0.15) is 24.4 Å². The van der Waals surface area contributed by atoms with Crippen LogP contribution in [-0.2, 0) is 30.9 Å². The summed E-state index contributed by atoms with van der Waals surface area (Å²) in [5.74, 6) is -1.13. The van der Waals surface area contributed by atoms with Crippen molar-refractivity contribution in [2.24, 2.45) is 5.92 Å². The molecule has 5 aliphatic rings. The first kappa shape index (κ1) is 23.7. The second kappa shape index (κ2) is 8.15. The lowest BCUT2D eigenvalue weighted by Gasteiger charge is -2.56. The summed E-state index contributed by atoms with van der Waals surface area (Å²) in [7, 11) is 2.11. The van der Waals surface area contributed by atoms with Crippen molar-refractivity contribution in [3.8, 4) is 11.5 Å². The number of ether oxygens (including phenoxy) is 4. The first-order valence-corrected chi connectivity index (χ1v) is 12.1. The zero-order valence-corrected chi connectivity index (χ0v) is 19.8. The van der Waals surface area contributed by atoms with Crippen LogP contribution >= 0.6 is 0 Å². The molecule has 1 aromatic rings. The molecule has 2 aliphatic carbocycles. The summed E-state index contributed by atoms with van der Waals surface area (Å²) < 4.78 is 23.4. The molecule has 3 aliphatic heterocycles. The third kappa shape index (κ3) is 3.16. The maximum Gasteiger partial charge on any atom is 0.335 e. The number of nitrogens with zero attached hydrogens (tertiary/aromatic N) is 1. The van der Waals surface area contributed by atoms with Crippen molar-refractivity contribution in [1.29, 1.82) is 0 Å². The molecule has 1 spiro atoms. The molecule has 6 rings (SSSR count). The van der Waals surface area contributed by atoms with Crippen LogP contribution in [0.3, 0.4) is 0 Å². The number of aliphatic hydroxyl groups excluding tert-OH is 3. The molecule has 2 fully saturated rings. The molecule has 10 unspecified atom stereocenters. The largest absolute Gasteiger partial charge is 0.481 e.